The zero-order valence-corrected chi connectivity index (χ0v) is 15.0. The van der Waals surface area contributed by atoms with Gasteiger partial charge in [0.1, 0.15) is 18.0 Å². The number of hydrogen-bond acceptors (Lipinski definition) is 6. The number of para-hydroxylation sites is 3. The Labute approximate surface area is 164 Å². The van der Waals surface area contributed by atoms with E-state index in [1.807, 2.05) is 24.3 Å². The van der Waals surface area contributed by atoms with Crippen LogP contribution in [-0.2, 0) is 6.61 Å². The summed E-state index contributed by atoms with van der Waals surface area (Å²) < 4.78 is 7.38. The highest BCUT2D eigenvalue weighted by Gasteiger charge is 2.24. The van der Waals surface area contributed by atoms with Gasteiger partial charge in [0.15, 0.2) is 5.82 Å². The molecule has 9 nitrogen and oxygen atoms in total. The molecule has 0 radical (unpaired) electrons. The lowest BCUT2D eigenvalue weighted by atomic mass is 10.2. The molecule has 9 heteroatoms. The number of nitro benzene ring substituents is 2. The van der Waals surface area contributed by atoms with E-state index in [0.717, 1.165) is 6.07 Å². The fraction of sp³-hybridized carbons (Fsp3) is 0.0500. The van der Waals surface area contributed by atoms with Gasteiger partial charge in [-0.05, 0) is 30.3 Å². The van der Waals surface area contributed by atoms with Crippen molar-refractivity contribution < 1.29 is 14.6 Å². The van der Waals surface area contributed by atoms with Crippen LogP contribution < -0.4 is 4.74 Å². The second-order valence-corrected chi connectivity index (χ2v) is 6.14. The zero-order chi connectivity index (χ0) is 20.4. The summed E-state index contributed by atoms with van der Waals surface area (Å²) in [5, 5.41) is 22.7. The number of ether oxygens (including phenoxy) is 1. The summed E-state index contributed by atoms with van der Waals surface area (Å²) in [6, 6.07) is 19.8. The molecular formula is C20H14N4O5. The van der Waals surface area contributed by atoms with Gasteiger partial charge in [0.2, 0.25) is 0 Å². The van der Waals surface area contributed by atoms with Crippen molar-refractivity contribution in [1.29, 1.82) is 0 Å². The molecule has 1 heterocycles. The maximum absolute atomic E-state index is 11.6. The van der Waals surface area contributed by atoms with E-state index >= 15 is 0 Å². The number of fused-ring (bicyclic) bond motifs is 1. The standard InChI is InChI=1S/C20H14N4O5/c25-23(26)14-10-11-18(19(12-14)24(27)28)22-17-9-5-4-8-16(17)21-20(22)13-29-15-6-2-1-3-7-15/h1-12H,13H2. The van der Waals surface area contributed by atoms with Gasteiger partial charge < -0.3 is 4.74 Å². The van der Waals surface area contributed by atoms with Crippen molar-refractivity contribution in [1.82, 2.24) is 9.55 Å². The van der Waals surface area contributed by atoms with Crippen molar-refractivity contribution in [3.05, 3.63) is 98.8 Å². The minimum Gasteiger partial charge on any atom is -0.486 e. The summed E-state index contributed by atoms with van der Waals surface area (Å²) >= 11 is 0. The van der Waals surface area contributed by atoms with Gasteiger partial charge in [0.05, 0.1) is 26.9 Å². The first kappa shape index (κ1) is 18.1. The summed E-state index contributed by atoms with van der Waals surface area (Å²) in [6.45, 7) is 0.0623. The number of non-ortho nitro benzene ring substituents is 1. The Bertz CT molecular complexity index is 1220. The monoisotopic (exact) mass is 390 g/mol. The quantitative estimate of drug-likeness (QED) is 0.356. The molecule has 0 bridgehead atoms. The fourth-order valence-electron chi connectivity index (χ4n) is 3.07. The van der Waals surface area contributed by atoms with Gasteiger partial charge in [0.25, 0.3) is 11.4 Å². The van der Waals surface area contributed by atoms with Gasteiger partial charge in [-0.2, -0.15) is 0 Å². The summed E-state index contributed by atoms with van der Waals surface area (Å²) in [4.78, 5) is 25.9. The minimum atomic E-state index is -0.664. The molecule has 0 amide bonds. The van der Waals surface area contributed by atoms with Crippen LogP contribution in [0.4, 0.5) is 11.4 Å². The molecular weight excluding hydrogens is 376 g/mol. The second-order valence-electron chi connectivity index (χ2n) is 6.14. The van der Waals surface area contributed by atoms with Crippen LogP contribution in [0.3, 0.4) is 0 Å². The smallest absolute Gasteiger partial charge is 0.300 e. The van der Waals surface area contributed by atoms with E-state index in [0.29, 0.717) is 22.6 Å². The lowest BCUT2D eigenvalue weighted by Crippen LogP contribution is -2.08. The fourth-order valence-corrected chi connectivity index (χ4v) is 3.07. The molecule has 0 unspecified atom stereocenters. The Kier molecular flexibility index (Phi) is 4.62. The van der Waals surface area contributed by atoms with E-state index < -0.39 is 9.85 Å². The Morgan fingerprint density at radius 2 is 1.62 bits per heavy atom. The normalized spacial score (nSPS) is 10.8. The summed E-state index contributed by atoms with van der Waals surface area (Å²) in [7, 11) is 0. The molecule has 3 aromatic carbocycles. The molecule has 0 N–H and O–H groups in total. The van der Waals surface area contributed by atoms with Gasteiger partial charge in [0, 0.05) is 6.07 Å². The number of imidazole rings is 1. The van der Waals surface area contributed by atoms with Gasteiger partial charge >= 0.3 is 0 Å². The first-order chi connectivity index (χ1) is 14.0. The molecule has 1 aromatic heterocycles. The van der Waals surface area contributed by atoms with Crippen LogP contribution in [0.25, 0.3) is 16.7 Å². The highest BCUT2D eigenvalue weighted by atomic mass is 16.6. The van der Waals surface area contributed by atoms with Crippen molar-refractivity contribution >= 4 is 22.4 Å². The molecule has 4 rings (SSSR count). The maximum Gasteiger partial charge on any atom is 0.300 e. The first-order valence-electron chi connectivity index (χ1n) is 8.62. The van der Waals surface area contributed by atoms with Crippen LogP contribution in [0.1, 0.15) is 5.82 Å². The Morgan fingerprint density at radius 3 is 2.34 bits per heavy atom. The van der Waals surface area contributed by atoms with E-state index in [-0.39, 0.29) is 23.7 Å². The topological polar surface area (TPSA) is 113 Å². The maximum atomic E-state index is 11.6. The van der Waals surface area contributed by atoms with E-state index in [1.54, 1.807) is 34.9 Å². The lowest BCUT2D eigenvalue weighted by Gasteiger charge is -2.11. The third kappa shape index (κ3) is 3.48. The molecule has 29 heavy (non-hydrogen) atoms. The van der Waals surface area contributed by atoms with Gasteiger partial charge in [-0.25, -0.2) is 4.98 Å². The number of nitrogens with zero attached hydrogens (tertiary/aromatic N) is 4. The molecule has 0 fully saturated rings. The average molecular weight is 390 g/mol. The van der Waals surface area contributed by atoms with Crippen molar-refractivity contribution in [2.75, 3.05) is 0 Å². The predicted octanol–water partition coefficient (Wildman–Crippen LogP) is 4.42. The summed E-state index contributed by atoms with van der Waals surface area (Å²) in [5.41, 5.74) is 0.708. The number of rotatable bonds is 6. The Morgan fingerprint density at radius 1 is 0.897 bits per heavy atom. The number of aromatic nitrogens is 2. The number of nitro groups is 2. The zero-order valence-electron chi connectivity index (χ0n) is 15.0. The molecule has 0 spiro atoms. The van der Waals surface area contributed by atoms with E-state index in [2.05, 4.69) is 4.98 Å². The van der Waals surface area contributed by atoms with Crippen LogP contribution in [0.5, 0.6) is 5.75 Å². The average Bonchev–Trinajstić information content (AvgIpc) is 3.10. The summed E-state index contributed by atoms with van der Waals surface area (Å²) in [6.07, 6.45) is 0. The number of hydrogen-bond donors (Lipinski definition) is 0. The van der Waals surface area contributed by atoms with Crippen LogP contribution in [-0.4, -0.2) is 19.4 Å². The van der Waals surface area contributed by atoms with E-state index in [1.165, 1.54) is 12.1 Å². The van der Waals surface area contributed by atoms with Crippen molar-refractivity contribution in [3.8, 4) is 11.4 Å². The van der Waals surface area contributed by atoms with E-state index in [9.17, 15) is 20.2 Å². The van der Waals surface area contributed by atoms with Gasteiger partial charge in [-0.1, -0.05) is 30.3 Å². The van der Waals surface area contributed by atoms with Crippen LogP contribution >= 0.6 is 0 Å². The van der Waals surface area contributed by atoms with Gasteiger partial charge in [-0.3, -0.25) is 24.8 Å². The molecule has 0 aliphatic heterocycles. The van der Waals surface area contributed by atoms with Crippen LogP contribution in [0.15, 0.2) is 72.8 Å². The predicted molar refractivity (Wildman–Crippen MR) is 105 cm³/mol. The molecule has 144 valence electrons. The van der Waals surface area contributed by atoms with Crippen LogP contribution in [0, 0.1) is 20.2 Å². The highest BCUT2D eigenvalue weighted by molar-refractivity contribution is 5.79. The van der Waals surface area contributed by atoms with Crippen molar-refractivity contribution in [2.45, 2.75) is 6.61 Å². The first-order valence-corrected chi connectivity index (χ1v) is 8.62. The third-order valence-electron chi connectivity index (χ3n) is 4.35. The lowest BCUT2D eigenvalue weighted by molar-refractivity contribution is -0.394. The van der Waals surface area contributed by atoms with Crippen molar-refractivity contribution in [3.63, 3.8) is 0 Å². The Hall–Kier alpha value is -4.27. The molecule has 0 aliphatic carbocycles. The van der Waals surface area contributed by atoms with Crippen LogP contribution in [0.2, 0.25) is 0 Å². The molecule has 4 aromatic rings. The SMILES string of the molecule is O=[N+]([O-])c1ccc(-n2c(COc3ccccc3)nc3ccccc32)c([N+](=O)[O-])c1. The second kappa shape index (κ2) is 7.39. The molecule has 0 saturated carbocycles. The third-order valence-corrected chi connectivity index (χ3v) is 4.35. The van der Waals surface area contributed by atoms with Gasteiger partial charge in [-0.15, -0.1) is 0 Å². The molecule has 0 saturated heterocycles. The molecule has 0 atom stereocenters. The highest BCUT2D eigenvalue weighted by Crippen LogP contribution is 2.32. The Balaban J connectivity index is 1.86. The minimum absolute atomic E-state index is 0.0623. The van der Waals surface area contributed by atoms with E-state index in [4.69, 9.17) is 4.74 Å². The largest absolute Gasteiger partial charge is 0.486 e. The molecule has 0 aliphatic rings. The summed E-state index contributed by atoms with van der Waals surface area (Å²) in [5.74, 6) is 1.07. The number of benzene rings is 3. The van der Waals surface area contributed by atoms with Crippen molar-refractivity contribution in [2.24, 2.45) is 0 Å².